The number of carbonyl (C=O) groups excluding carboxylic acids is 2. The predicted octanol–water partition coefficient (Wildman–Crippen LogP) is -0.0721. The number of methoxy groups -OCH3 is 1. The van der Waals surface area contributed by atoms with Crippen molar-refractivity contribution < 1.29 is 19.1 Å². The molecule has 0 rings (SSSR count). The van der Waals surface area contributed by atoms with Gasteiger partial charge < -0.3 is 20.1 Å². The van der Waals surface area contributed by atoms with Crippen LogP contribution in [0.4, 0.5) is 0 Å². The number of ether oxygens (including phenoxy) is 2. The number of rotatable bonds is 8. The van der Waals surface area contributed by atoms with E-state index < -0.39 is 0 Å². The molecular formula is C12H24N2O4. The van der Waals surface area contributed by atoms with E-state index in [2.05, 4.69) is 15.4 Å². The van der Waals surface area contributed by atoms with Crippen molar-refractivity contribution in [3.8, 4) is 0 Å². The fourth-order valence-electron chi connectivity index (χ4n) is 1.05. The molecule has 2 N–H and O–H groups in total. The molecule has 0 saturated heterocycles. The van der Waals surface area contributed by atoms with Gasteiger partial charge in [-0.1, -0.05) is 20.8 Å². The molecule has 0 aliphatic carbocycles. The van der Waals surface area contributed by atoms with Crippen molar-refractivity contribution >= 4 is 11.8 Å². The first-order valence-electron chi connectivity index (χ1n) is 5.99. The zero-order chi connectivity index (χ0) is 14.0. The number of carbonyl (C=O) groups is 2. The fraction of sp³-hybridized carbons (Fsp3) is 0.833. The summed E-state index contributed by atoms with van der Waals surface area (Å²) in [5.74, 6) is -0.165. The summed E-state index contributed by atoms with van der Waals surface area (Å²) >= 11 is 0. The molecule has 0 aliphatic rings. The van der Waals surface area contributed by atoms with Gasteiger partial charge in [0.1, 0.15) is 6.61 Å². The molecular weight excluding hydrogens is 236 g/mol. The molecule has 0 aromatic heterocycles. The van der Waals surface area contributed by atoms with Crippen LogP contribution in [-0.4, -0.2) is 51.8 Å². The van der Waals surface area contributed by atoms with Crippen LogP contribution in [0.5, 0.6) is 0 Å². The summed E-state index contributed by atoms with van der Waals surface area (Å²) in [6.45, 7) is 7.39. The molecule has 0 aromatic carbocycles. The molecule has 18 heavy (non-hydrogen) atoms. The average molecular weight is 260 g/mol. The van der Waals surface area contributed by atoms with Crippen LogP contribution < -0.4 is 10.6 Å². The molecule has 6 nitrogen and oxygen atoms in total. The normalized spacial score (nSPS) is 11.1. The minimum Gasteiger partial charge on any atom is -0.378 e. The first-order chi connectivity index (χ1) is 8.38. The molecule has 0 saturated carbocycles. The Morgan fingerprint density at radius 2 is 1.61 bits per heavy atom. The molecule has 0 atom stereocenters. The summed E-state index contributed by atoms with van der Waals surface area (Å²) in [6, 6.07) is 0. The Kier molecular flexibility index (Phi) is 8.32. The highest BCUT2D eigenvalue weighted by molar-refractivity contribution is 5.81. The van der Waals surface area contributed by atoms with Crippen molar-refractivity contribution in [2.75, 3.05) is 40.0 Å². The molecule has 0 unspecified atom stereocenters. The largest absolute Gasteiger partial charge is 0.378 e. The highest BCUT2D eigenvalue weighted by atomic mass is 16.5. The van der Waals surface area contributed by atoms with E-state index in [4.69, 9.17) is 4.74 Å². The van der Waals surface area contributed by atoms with E-state index in [1.165, 1.54) is 7.11 Å². The van der Waals surface area contributed by atoms with E-state index in [0.717, 1.165) is 0 Å². The van der Waals surface area contributed by atoms with Crippen molar-refractivity contribution in [1.29, 1.82) is 0 Å². The van der Waals surface area contributed by atoms with E-state index in [9.17, 15) is 9.59 Å². The van der Waals surface area contributed by atoms with Crippen LogP contribution in [0, 0.1) is 5.41 Å². The third-order valence-corrected chi connectivity index (χ3v) is 2.06. The summed E-state index contributed by atoms with van der Waals surface area (Å²) in [7, 11) is 1.47. The second-order valence-electron chi connectivity index (χ2n) is 4.90. The van der Waals surface area contributed by atoms with Crippen molar-refractivity contribution in [1.82, 2.24) is 10.6 Å². The zero-order valence-electron chi connectivity index (χ0n) is 11.7. The SMILES string of the molecule is COCC(=O)NCCOCCNC(=O)C(C)(C)C. The number of amides is 2. The molecule has 106 valence electrons. The molecule has 0 spiro atoms. The van der Waals surface area contributed by atoms with Crippen LogP contribution in [0.2, 0.25) is 0 Å². The van der Waals surface area contributed by atoms with Crippen LogP contribution in [0.3, 0.4) is 0 Å². The number of nitrogens with one attached hydrogen (secondary N) is 2. The van der Waals surface area contributed by atoms with Crippen molar-refractivity contribution in [3.63, 3.8) is 0 Å². The second-order valence-corrected chi connectivity index (χ2v) is 4.90. The van der Waals surface area contributed by atoms with E-state index in [0.29, 0.717) is 26.3 Å². The molecule has 0 aromatic rings. The van der Waals surface area contributed by atoms with Gasteiger partial charge in [-0.25, -0.2) is 0 Å². The predicted molar refractivity (Wildman–Crippen MR) is 68.2 cm³/mol. The molecule has 0 bridgehead atoms. The van der Waals surface area contributed by atoms with Crippen molar-refractivity contribution in [2.24, 2.45) is 5.41 Å². The van der Waals surface area contributed by atoms with Crippen LogP contribution >= 0.6 is 0 Å². The lowest BCUT2D eigenvalue weighted by Crippen LogP contribution is -2.37. The Hall–Kier alpha value is -1.14. The highest BCUT2D eigenvalue weighted by Crippen LogP contribution is 2.11. The van der Waals surface area contributed by atoms with Crippen molar-refractivity contribution in [2.45, 2.75) is 20.8 Å². The van der Waals surface area contributed by atoms with Gasteiger partial charge in [0, 0.05) is 25.6 Å². The van der Waals surface area contributed by atoms with Gasteiger partial charge in [0.25, 0.3) is 0 Å². The Bertz CT molecular complexity index is 261. The summed E-state index contributed by atoms with van der Waals surface area (Å²) < 4.78 is 9.91. The average Bonchev–Trinajstić information content (AvgIpc) is 2.26. The first kappa shape index (κ1) is 16.9. The molecule has 2 amide bonds. The smallest absolute Gasteiger partial charge is 0.246 e. The maximum atomic E-state index is 11.5. The first-order valence-corrected chi connectivity index (χ1v) is 5.99. The van der Waals surface area contributed by atoms with Gasteiger partial charge in [-0.2, -0.15) is 0 Å². The minimum atomic E-state index is -0.381. The zero-order valence-corrected chi connectivity index (χ0v) is 11.7. The van der Waals surface area contributed by atoms with E-state index in [-0.39, 0.29) is 23.8 Å². The maximum Gasteiger partial charge on any atom is 0.246 e. The van der Waals surface area contributed by atoms with Crippen LogP contribution in [0.15, 0.2) is 0 Å². The van der Waals surface area contributed by atoms with Gasteiger partial charge in [0.05, 0.1) is 13.2 Å². The topological polar surface area (TPSA) is 76.7 Å². The monoisotopic (exact) mass is 260 g/mol. The Morgan fingerprint density at radius 3 is 2.11 bits per heavy atom. The lowest BCUT2D eigenvalue weighted by atomic mass is 9.96. The van der Waals surface area contributed by atoms with Gasteiger partial charge in [0.2, 0.25) is 11.8 Å². The third-order valence-electron chi connectivity index (χ3n) is 2.06. The minimum absolute atomic E-state index is 0.000465. The van der Waals surface area contributed by atoms with Gasteiger partial charge in [-0.3, -0.25) is 9.59 Å². The van der Waals surface area contributed by atoms with Gasteiger partial charge in [0.15, 0.2) is 0 Å². The van der Waals surface area contributed by atoms with Gasteiger partial charge in [-0.05, 0) is 0 Å². The second kappa shape index (κ2) is 8.88. The fourth-order valence-corrected chi connectivity index (χ4v) is 1.05. The van der Waals surface area contributed by atoms with Gasteiger partial charge in [-0.15, -0.1) is 0 Å². The molecule has 0 fully saturated rings. The Balaban J connectivity index is 3.37. The van der Waals surface area contributed by atoms with Crippen molar-refractivity contribution in [3.05, 3.63) is 0 Å². The summed E-state index contributed by atoms with van der Waals surface area (Å²) in [4.78, 5) is 22.5. The van der Waals surface area contributed by atoms with E-state index in [1.807, 2.05) is 20.8 Å². The molecule has 0 heterocycles. The van der Waals surface area contributed by atoms with Crippen LogP contribution in [-0.2, 0) is 19.1 Å². The van der Waals surface area contributed by atoms with Crippen LogP contribution in [0.1, 0.15) is 20.8 Å². The van der Waals surface area contributed by atoms with E-state index >= 15 is 0 Å². The lowest BCUT2D eigenvalue weighted by molar-refractivity contribution is -0.128. The lowest BCUT2D eigenvalue weighted by Gasteiger charge is -2.17. The third kappa shape index (κ3) is 8.95. The number of hydrogen-bond donors (Lipinski definition) is 2. The van der Waals surface area contributed by atoms with Gasteiger partial charge >= 0.3 is 0 Å². The summed E-state index contributed by atoms with van der Waals surface area (Å²) in [5.41, 5.74) is -0.381. The maximum absolute atomic E-state index is 11.5. The molecule has 6 heteroatoms. The highest BCUT2D eigenvalue weighted by Gasteiger charge is 2.20. The quantitative estimate of drug-likeness (QED) is 0.599. The molecule has 0 aliphatic heterocycles. The Labute approximate surface area is 108 Å². The standard InChI is InChI=1S/C12H24N2O4/c1-12(2,3)11(16)14-6-8-18-7-5-13-10(15)9-17-4/h5-9H2,1-4H3,(H,13,15)(H,14,16). The van der Waals surface area contributed by atoms with Crippen LogP contribution in [0.25, 0.3) is 0 Å². The number of hydrogen-bond acceptors (Lipinski definition) is 4. The molecule has 0 radical (unpaired) electrons. The summed E-state index contributed by atoms with van der Waals surface area (Å²) in [6.07, 6.45) is 0. The van der Waals surface area contributed by atoms with E-state index in [1.54, 1.807) is 0 Å². The summed E-state index contributed by atoms with van der Waals surface area (Å²) in [5, 5.41) is 5.40. The Morgan fingerprint density at radius 1 is 1.06 bits per heavy atom.